The molecule has 0 bridgehead atoms. The predicted octanol–water partition coefficient (Wildman–Crippen LogP) is 6.09. The van der Waals surface area contributed by atoms with E-state index < -0.39 is 5.60 Å². The van der Waals surface area contributed by atoms with Crippen molar-refractivity contribution >= 4 is 47.2 Å². The third-order valence-electron chi connectivity index (χ3n) is 4.27. The smallest absolute Gasteiger partial charge is 0.127 e. The maximum atomic E-state index is 11.5. The van der Waals surface area contributed by atoms with Crippen LogP contribution >= 0.6 is 47.2 Å². The van der Waals surface area contributed by atoms with E-state index in [0.717, 1.165) is 16.7 Å². The fraction of sp³-hybridized carbons (Fsp3) is 0.143. The molecule has 0 aliphatic rings. The lowest BCUT2D eigenvalue weighted by molar-refractivity contribution is 0.0796. The molecule has 0 aliphatic heterocycles. The van der Waals surface area contributed by atoms with Crippen molar-refractivity contribution in [1.82, 2.24) is 5.32 Å². The van der Waals surface area contributed by atoms with Crippen molar-refractivity contribution in [2.24, 2.45) is 0 Å². The van der Waals surface area contributed by atoms with Crippen molar-refractivity contribution in [3.63, 3.8) is 0 Å². The van der Waals surface area contributed by atoms with Gasteiger partial charge < -0.3 is 10.4 Å². The van der Waals surface area contributed by atoms with Crippen molar-refractivity contribution in [3.05, 3.63) is 105 Å². The molecule has 2 N–H and O–H groups in total. The van der Waals surface area contributed by atoms with Crippen LogP contribution in [0.15, 0.2) is 72.8 Å². The zero-order chi connectivity index (χ0) is 18.6. The highest BCUT2D eigenvalue weighted by Crippen LogP contribution is 2.30. The highest BCUT2D eigenvalue weighted by atomic mass is 35.5. The van der Waals surface area contributed by atoms with E-state index in [1.807, 2.05) is 54.6 Å². The molecule has 1 unspecified atom stereocenters. The van der Waals surface area contributed by atoms with Crippen LogP contribution in [0.5, 0.6) is 0 Å². The molecule has 3 rings (SSSR count). The topological polar surface area (TPSA) is 32.3 Å². The van der Waals surface area contributed by atoms with Crippen LogP contribution in [0.3, 0.4) is 0 Å². The first-order valence-electron chi connectivity index (χ1n) is 8.17. The minimum absolute atomic E-state index is 0. The summed E-state index contributed by atoms with van der Waals surface area (Å²) < 4.78 is 0. The average molecular weight is 443 g/mol. The molecule has 3 aromatic rings. The van der Waals surface area contributed by atoms with E-state index in [2.05, 4.69) is 5.32 Å². The lowest BCUT2D eigenvalue weighted by atomic mass is 9.86. The van der Waals surface area contributed by atoms with Crippen LogP contribution in [0.2, 0.25) is 15.1 Å². The average Bonchev–Trinajstić information content (AvgIpc) is 2.66. The lowest BCUT2D eigenvalue weighted by Crippen LogP contribution is -2.39. The van der Waals surface area contributed by atoms with Crippen LogP contribution < -0.4 is 5.32 Å². The summed E-state index contributed by atoms with van der Waals surface area (Å²) >= 11 is 18.0. The van der Waals surface area contributed by atoms with Gasteiger partial charge in [0.15, 0.2) is 0 Å². The first-order valence-corrected chi connectivity index (χ1v) is 9.31. The highest BCUT2D eigenvalue weighted by molar-refractivity contribution is 6.42. The second-order valence-electron chi connectivity index (χ2n) is 6.09. The van der Waals surface area contributed by atoms with Crippen LogP contribution in [-0.4, -0.2) is 11.7 Å². The summed E-state index contributed by atoms with van der Waals surface area (Å²) in [7, 11) is 0. The molecule has 6 heteroatoms. The minimum Gasteiger partial charge on any atom is -0.379 e. The Morgan fingerprint density at radius 1 is 0.778 bits per heavy atom. The Morgan fingerprint density at radius 3 is 2.04 bits per heavy atom. The Kier molecular flexibility index (Phi) is 7.99. The SMILES string of the molecule is Cl.OC(CNCc1ccc(Cl)c(Cl)c1)(c1ccccc1)c1ccc(Cl)cc1. The number of aliphatic hydroxyl groups is 1. The van der Waals surface area contributed by atoms with Gasteiger partial charge in [0.05, 0.1) is 10.0 Å². The largest absolute Gasteiger partial charge is 0.379 e. The summed E-state index contributed by atoms with van der Waals surface area (Å²) in [6.45, 7) is 0.887. The van der Waals surface area contributed by atoms with Gasteiger partial charge >= 0.3 is 0 Å². The number of hydrogen-bond donors (Lipinski definition) is 2. The first-order chi connectivity index (χ1) is 12.5. The van der Waals surface area contributed by atoms with E-state index >= 15 is 0 Å². The molecular formula is C21H19Cl4NO. The molecule has 0 fully saturated rings. The number of hydrogen-bond acceptors (Lipinski definition) is 2. The molecule has 1 atom stereocenters. The maximum absolute atomic E-state index is 11.5. The Labute approximate surface area is 180 Å². The van der Waals surface area contributed by atoms with Gasteiger partial charge in [0.25, 0.3) is 0 Å². The van der Waals surface area contributed by atoms with E-state index in [1.54, 1.807) is 18.2 Å². The summed E-state index contributed by atoms with van der Waals surface area (Å²) in [4.78, 5) is 0. The normalized spacial score (nSPS) is 12.9. The minimum atomic E-state index is -1.18. The second kappa shape index (κ2) is 9.79. The van der Waals surface area contributed by atoms with E-state index in [-0.39, 0.29) is 12.4 Å². The van der Waals surface area contributed by atoms with E-state index in [9.17, 15) is 5.11 Å². The van der Waals surface area contributed by atoms with Crippen molar-refractivity contribution in [2.75, 3.05) is 6.54 Å². The molecular weight excluding hydrogens is 424 g/mol. The van der Waals surface area contributed by atoms with Gasteiger partial charge in [-0.05, 0) is 41.0 Å². The van der Waals surface area contributed by atoms with E-state index in [1.165, 1.54) is 0 Å². The Morgan fingerprint density at radius 2 is 1.41 bits per heavy atom. The fourth-order valence-electron chi connectivity index (χ4n) is 2.85. The lowest BCUT2D eigenvalue weighted by Gasteiger charge is -2.30. The van der Waals surface area contributed by atoms with Crippen LogP contribution in [0.25, 0.3) is 0 Å². The molecule has 3 aromatic carbocycles. The standard InChI is InChI=1S/C21H18Cl3NO.ClH/c22-18-9-7-17(8-10-18)21(26,16-4-2-1-3-5-16)14-25-13-15-6-11-19(23)20(24)12-15;/h1-12,25-26H,13-14H2;1H. The summed E-state index contributed by atoms with van der Waals surface area (Å²) in [6.07, 6.45) is 0. The van der Waals surface area contributed by atoms with Crippen molar-refractivity contribution < 1.29 is 5.11 Å². The van der Waals surface area contributed by atoms with Crippen LogP contribution in [0.4, 0.5) is 0 Å². The van der Waals surface area contributed by atoms with Gasteiger partial charge in [0.1, 0.15) is 5.60 Å². The Balaban J connectivity index is 0.00000261. The molecule has 0 spiro atoms. The van der Waals surface area contributed by atoms with Gasteiger partial charge in [-0.1, -0.05) is 83.3 Å². The summed E-state index contributed by atoms with van der Waals surface area (Å²) in [6, 6.07) is 22.3. The Bertz CT molecular complexity index is 871. The van der Waals surface area contributed by atoms with Crippen LogP contribution in [-0.2, 0) is 12.1 Å². The molecule has 0 saturated carbocycles. The molecule has 0 aromatic heterocycles. The zero-order valence-corrected chi connectivity index (χ0v) is 17.4. The second-order valence-corrected chi connectivity index (χ2v) is 7.34. The molecule has 0 heterocycles. The molecule has 142 valence electrons. The van der Waals surface area contributed by atoms with Gasteiger partial charge in [-0.2, -0.15) is 0 Å². The van der Waals surface area contributed by atoms with Crippen molar-refractivity contribution in [1.29, 1.82) is 0 Å². The van der Waals surface area contributed by atoms with Gasteiger partial charge in [-0.3, -0.25) is 0 Å². The molecule has 27 heavy (non-hydrogen) atoms. The summed E-state index contributed by atoms with van der Waals surface area (Å²) in [5.74, 6) is 0. The van der Waals surface area contributed by atoms with Gasteiger partial charge in [-0.25, -0.2) is 0 Å². The van der Waals surface area contributed by atoms with E-state index in [0.29, 0.717) is 28.2 Å². The van der Waals surface area contributed by atoms with Crippen LogP contribution in [0, 0.1) is 0 Å². The van der Waals surface area contributed by atoms with E-state index in [4.69, 9.17) is 34.8 Å². The first kappa shape index (κ1) is 22.0. The molecule has 0 saturated heterocycles. The number of benzene rings is 3. The number of halogens is 4. The fourth-order valence-corrected chi connectivity index (χ4v) is 3.29. The summed E-state index contributed by atoms with van der Waals surface area (Å²) in [5, 5.41) is 16.5. The van der Waals surface area contributed by atoms with Crippen molar-refractivity contribution in [3.8, 4) is 0 Å². The maximum Gasteiger partial charge on any atom is 0.127 e. The van der Waals surface area contributed by atoms with Gasteiger partial charge in [-0.15, -0.1) is 12.4 Å². The monoisotopic (exact) mass is 441 g/mol. The third-order valence-corrected chi connectivity index (χ3v) is 5.26. The van der Waals surface area contributed by atoms with Gasteiger partial charge in [0, 0.05) is 18.1 Å². The molecule has 2 nitrogen and oxygen atoms in total. The zero-order valence-electron chi connectivity index (χ0n) is 14.3. The molecule has 0 amide bonds. The number of nitrogens with one attached hydrogen (secondary N) is 1. The number of rotatable bonds is 6. The molecule has 0 aliphatic carbocycles. The summed E-state index contributed by atoms with van der Waals surface area (Å²) in [5.41, 5.74) is 1.40. The van der Waals surface area contributed by atoms with Gasteiger partial charge in [0.2, 0.25) is 0 Å². The quantitative estimate of drug-likeness (QED) is 0.483. The van der Waals surface area contributed by atoms with Crippen molar-refractivity contribution in [2.45, 2.75) is 12.1 Å². The predicted molar refractivity (Wildman–Crippen MR) is 116 cm³/mol. The molecule has 0 radical (unpaired) electrons. The Hall–Kier alpha value is -1.26. The highest BCUT2D eigenvalue weighted by Gasteiger charge is 2.31. The van der Waals surface area contributed by atoms with Crippen LogP contribution in [0.1, 0.15) is 16.7 Å². The third kappa shape index (κ3) is 5.39.